The Labute approximate surface area is 114 Å². The normalized spacial score (nSPS) is 19.2. The summed E-state index contributed by atoms with van der Waals surface area (Å²) in [4.78, 5) is 12.2. The Kier molecular flexibility index (Phi) is 4.93. The number of ether oxygens (including phenoxy) is 2. The smallest absolute Gasteiger partial charge is 0.164 e. The number of carbonyl (C=O) groups is 1. The zero-order valence-electron chi connectivity index (χ0n) is 11.6. The van der Waals surface area contributed by atoms with Crippen LogP contribution >= 0.6 is 0 Å². The molecule has 0 radical (unpaired) electrons. The number of hydrogen-bond acceptors (Lipinski definition) is 4. The van der Waals surface area contributed by atoms with E-state index >= 15 is 0 Å². The molecule has 1 aromatic carbocycles. The van der Waals surface area contributed by atoms with Crippen LogP contribution in [0.2, 0.25) is 0 Å². The number of rotatable bonds is 5. The molecule has 1 aliphatic heterocycles. The Morgan fingerprint density at radius 2 is 2.37 bits per heavy atom. The minimum absolute atomic E-state index is 0.133. The molecule has 1 unspecified atom stereocenters. The zero-order valence-corrected chi connectivity index (χ0v) is 11.6. The van der Waals surface area contributed by atoms with E-state index in [1.807, 2.05) is 32.0 Å². The lowest BCUT2D eigenvalue weighted by molar-refractivity contribution is 0.0676. The summed E-state index contributed by atoms with van der Waals surface area (Å²) >= 11 is 0. The summed E-state index contributed by atoms with van der Waals surface area (Å²) in [5, 5.41) is 3.30. The predicted molar refractivity (Wildman–Crippen MR) is 73.9 cm³/mol. The molecule has 4 nitrogen and oxygen atoms in total. The van der Waals surface area contributed by atoms with Crippen LogP contribution < -0.4 is 10.1 Å². The predicted octanol–water partition coefficient (Wildman–Crippen LogP) is 1.95. The maximum atomic E-state index is 12.2. The lowest BCUT2D eigenvalue weighted by Gasteiger charge is -2.23. The van der Waals surface area contributed by atoms with Gasteiger partial charge in [0.1, 0.15) is 5.75 Å². The van der Waals surface area contributed by atoms with Crippen LogP contribution in [0.25, 0.3) is 0 Å². The molecule has 2 rings (SSSR count). The van der Waals surface area contributed by atoms with Crippen molar-refractivity contribution in [2.45, 2.75) is 26.3 Å². The van der Waals surface area contributed by atoms with Crippen LogP contribution in [0.5, 0.6) is 5.75 Å². The lowest BCUT2D eigenvalue weighted by Crippen LogP contribution is -2.42. The molecule has 1 aliphatic rings. The summed E-state index contributed by atoms with van der Waals surface area (Å²) in [6.07, 6.45) is 0.480. The fourth-order valence-corrected chi connectivity index (χ4v) is 2.23. The van der Waals surface area contributed by atoms with E-state index in [4.69, 9.17) is 9.47 Å². The second-order valence-electron chi connectivity index (χ2n) is 4.77. The molecular formula is C15H21NO3. The van der Waals surface area contributed by atoms with Crippen molar-refractivity contribution < 1.29 is 14.3 Å². The number of aryl methyl sites for hydroxylation is 1. The lowest BCUT2D eigenvalue weighted by atomic mass is 10.0. The number of benzene rings is 1. The van der Waals surface area contributed by atoms with Crippen molar-refractivity contribution in [1.82, 2.24) is 5.32 Å². The fraction of sp³-hybridized carbons (Fsp3) is 0.533. The molecule has 19 heavy (non-hydrogen) atoms. The SMILES string of the molecule is CCOc1ccc(C(=O)CC2COCCN2)cc1C. The Hall–Kier alpha value is -1.39. The van der Waals surface area contributed by atoms with Gasteiger partial charge in [-0.3, -0.25) is 4.79 Å². The Morgan fingerprint density at radius 1 is 1.53 bits per heavy atom. The molecule has 4 heteroatoms. The summed E-state index contributed by atoms with van der Waals surface area (Å²) in [7, 11) is 0. The van der Waals surface area contributed by atoms with Gasteiger partial charge in [-0.15, -0.1) is 0 Å². The summed E-state index contributed by atoms with van der Waals surface area (Å²) in [5.41, 5.74) is 1.74. The molecule has 1 saturated heterocycles. The fourth-order valence-electron chi connectivity index (χ4n) is 2.23. The number of Topliss-reactive ketones (excluding diaryl/α,β-unsaturated/α-hetero) is 1. The van der Waals surface area contributed by atoms with Crippen molar-refractivity contribution in [2.24, 2.45) is 0 Å². The Bertz CT molecular complexity index is 439. The second kappa shape index (κ2) is 6.68. The van der Waals surface area contributed by atoms with Crippen molar-refractivity contribution in [3.63, 3.8) is 0 Å². The number of carbonyl (C=O) groups excluding carboxylic acids is 1. The van der Waals surface area contributed by atoms with Crippen LogP contribution in [0.1, 0.15) is 29.3 Å². The molecule has 0 bridgehead atoms. The van der Waals surface area contributed by atoms with Gasteiger partial charge in [0.25, 0.3) is 0 Å². The first-order chi connectivity index (χ1) is 9.20. The third-order valence-electron chi connectivity index (χ3n) is 3.23. The van der Waals surface area contributed by atoms with Gasteiger partial charge in [-0.05, 0) is 37.6 Å². The van der Waals surface area contributed by atoms with Gasteiger partial charge in [-0.25, -0.2) is 0 Å². The topological polar surface area (TPSA) is 47.6 Å². The molecule has 0 aromatic heterocycles. The van der Waals surface area contributed by atoms with E-state index in [0.29, 0.717) is 19.6 Å². The van der Waals surface area contributed by atoms with Crippen LogP contribution in [0.4, 0.5) is 0 Å². The summed E-state index contributed by atoms with van der Waals surface area (Å²) in [5.74, 6) is 0.993. The van der Waals surface area contributed by atoms with Crippen molar-refractivity contribution in [3.8, 4) is 5.75 Å². The van der Waals surface area contributed by atoms with E-state index < -0.39 is 0 Å². The first-order valence-electron chi connectivity index (χ1n) is 6.78. The highest BCUT2D eigenvalue weighted by molar-refractivity contribution is 5.96. The van der Waals surface area contributed by atoms with Crippen LogP contribution in [0.3, 0.4) is 0 Å². The van der Waals surface area contributed by atoms with E-state index in [9.17, 15) is 4.79 Å². The molecule has 1 N–H and O–H groups in total. The molecular weight excluding hydrogens is 242 g/mol. The van der Waals surface area contributed by atoms with E-state index in [1.165, 1.54) is 0 Å². The van der Waals surface area contributed by atoms with Gasteiger partial charge in [0, 0.05) is 24.6 Å². The molecule has 0 aliphatic carbocycles. The van der Waals surface area contributed by atoms with Gasteiger partial charge >= 0.3 is 0 Å². The summed E-state index contributed by atoms with van der Waals surface area (Å²) in [6.45, 7) is 6.71. The Morgan fingerprint density at radius 3 is 3.00 bits per heavy atom. The molecule has 0 amide bonds. The first-order valence-corrected chi connectivity index (χ1v) is 6.78. The van der Waals surface area contributed by atoms with Crippen LogP contribution in [0, 0.1) is 6.92 Å². The Balaban J connectivity index is 2.00. The van der Waals surface area contributed by atoms with Gasteiger partial charge in [-0.1, -0.05) is 0 Å². The third-order valence-corrected chi connectivity index (χ3v) is 3.23. The summed E-state index contributed by atoms with van der Waals surface area (Å²) < 4.78 is 10.8. The highest BCUT2D eigenvalue weighted by Crippen LogP contribution is 2.20. The third kappa shape index (κ3) is 3.78. The van der Waals surface area contributed by atoms with E-state index in [1.54, 1.807) is 0 Å². The largest absolute Gasteiger partial charge is 0.494 e. The average Bonchev–Trinajstić information content (AvgIpc) is 2.42. The van der Waals surface area contributed by atoms with Gasteiger partial charge in [0.2, 0.25) is 0 Å². The van der Waals surface area contributed by atoms with Crippen molar-refractivity contribution in [3.05, 3.63) is 29.3 Å². The molecule has 0 spiro atoms. The van der Waals surface area contributed by atoms with Crippen molar-refractivity contribution in [2.75, 3.05) is 26.4 Å². The molecule has 0 saturated carbocycles. The number of morpholine rings is 1. The van der Waals surface area contributed by atoms with Gasteiger partial charge in [0.05, 0.1) is 19.8 Å². The van der Waals surface area contributed by atoms with Crippen LogP contribution in [-0.4, -0.2) is 38.2 Å². The van der Waals surface area contributed by atoms with E-state index in [0.717, 1.165) is 30.0 Å². The molecule has 1 fully saturated rings. The van der Waals surface area contributed by atoms with Gasteiger partial charge in [-0.2, -0.15) is 0 Å². The van der Waals surface area contributed by atoms with Crippen molar-refractivity contribution >= 4 is 5.78 Å². The number of hydrogen-bond donors (Lipinski definition) is 1. The standard InChI is InChI=1S/C15H21NO3/c1-3-19-15-5-4-12(8-11(15)2)14(17)9-13-10-18-7-6-16-13/h4-5,8,13,16H,3,6-7,9-10H2,1-2H3. The molecule has 1 heterocycles. The number of nitrogens with one attached hydrogen (secondary N) is 1. The van der Waals surface area contributed by atoms with Crippen molar-refractivity contribution in [1.29, 1.82) is 0 Å². The maximum absolute atomic E-state index is 12.2. The quantitative estimate of drug-likeness (QED) is 0.825. The summed E-state index contributed by atoms with van der Waals surface area (Å²) in [6, 6.07) is 5.74. The minimum Gasteiger partial charge on any atom is -0.494 e. The van der Waals surface area contributed by atoms with Gasteiger partial charge < -0.3 is 14.8 Å². The minimum atomic E-state index is 0.133. The number of ketones is 1. The van der Waals surface area contributed by atoms with E-state index in [-0.39, 0.29) is 11.8 Å². The highest BCUT2D eigenvalue weighted by Gasteiger charge is 2.18. The monoisotopic (exact) mass is 263 g/mol. The second-order valence-corrected chi connectivity index (χ2v) is 4.77. The molecule has 1 aromatic rings. The highest BCUT2D eigenvalue weighted by atomic mass is 16.5. The first kappa shape index (κ1) is 14.0. The zero-order chi connectivity index (χ0) is 13.7. The average molecular weight is 263 g/mol. The van der Waals surface area contributed by atoms with E-state index in [2.05, 4.69) is 5.32 Å². The van der Waals surface area contributed by atoms with Crippen LogP contribution in [0.15, 0.2) is 18.2 Å². The van der Waals surface area contributed by atoms with Gasteiger partial charge in [0.15, 0.2) is 5.78 Å². The molecule has 104 valence electrons. The maximum Gasteiger partial charge on any atom is 0.164 e. The van der Waals surface area contributed by atoms with Crippen LogP contribution in [-0.2, 0) is 4.74 Å². The molecule has 1 atom stereocenters.